The summed E-state index contributed by atoms with van der Waals surface area (Å²) in [6.07, 6.45) is 4.05. The molecule has 0 atom stereocenters. The third kappa shape index (κ3) is 1.79. The lowest BCUT2D eigenvalue weighted by atomic mass is 10.00. The van der Waals surface area contributed by atoms with Gasteiger partial charge in [0.2, 0.25) is 0 Å². The van der Waals surface area contributed by atoms with Crippen molar-refractivity contribution in [1.29, 1.82) is 0 Å². The van der Waals surface area contributed by atoms with Gasteiger partial charge in [0.05, 0.1) is 6.20 Å². The fraction of sp³-hybridized carbons (Fsp3) is 0.667. The van der Waals surface area contributed by atoms with Crippen molar-refractivity contribution in [2.75, 3.05) is 13.2 Å². The third-order valence-corrected chi connectivity index (χ3v) is 3.29. The molecule has 72 valence electrons. The van der Waals surface area contributed by atoms with E-state index in [4.69, 9.17) is 4.74 Å². The zero-order chi connectivity index (χ0) is 9.26. The van der Waals surface area contributed by atoms with Gasteiger partial charge in [-0.05, 0) is 28.8 Å². The van der Waals surface area contributed by atoms with Crippen molar-refractivity contribution < 1.29 is 4.74 Å². The monoisotopic (exact) mass is 244 g/mol. The Morgan fingerprint density at radius 3 is 2.77 bits per heavy atom. The molecule has 4 heteroatoms. The van der Waals surface area contributed by atoms with E-state index in [0.29, 0.717) is 5.92 Å². The highest BCUT2D eigenvalue weighted by molar-refractivity contribution is 9.10. The van der Waals surface area contributed by atoms with E-state index in [9.17, 15) is 0 Å². The maximum Gasteiger partial charge on any atom is 0.112 e. The van der Waals surface area contributed by atoms with Crippen LogP contribution in [0.2, 0.25) is 0 Å². The van der Waals surface area contributed by atoms with E-state index in [0.717, 1.165) is 30.7 Å². The summed E-state index contributed by atoms with van der Waals surface area (Å²) < 4.78 is 8.48. The van der Waals surface area contributed by atoms with E-state index in [-0.39, 0.29) is 0 Å². The van der Waals surface area contributed by atoms with Crippen LogP contribution in [0.3, 0.4) is 0 Å². The summed E-state index contributed by atoms with van der Waals surface area (Å²) in [5.41, 5.74) is 0. The summed E-state index contributed by atoms with van der Waals surface area (Å²) >= 11 is 3.45. The minimum atomic E-state index is 0.574. The van der Waals surface area contributed by atoms with Crippen LogP contribution in [0.4, 0.5) is 0 Å². The highest BCUT2D eigenvalue weighted by Gasteiger charge is 2.20. The third-order valence-electron chi connectivity index (χ3n) is 2.55. The predicted octanol–water partition coefficient (Wildman–Crippen LogP) is 2.08. The molecule has 1 aliphatic heterocycles. The van der Waals surface area contributed by atoms with Crippen molar-refractivity contribution >= 4 is 15.9 Å². The summed E-state index contributed by atoms with van der Waals surface area (Å²) in [6, 6.07) is 0. The number of halogens is 1. The summed E-state index contributed by atoms with van der Waals surface area (Å²) in [5.74, 6) is 1.75. The van der Waals surface area contributed by atoms with E-state index in [2.05, 4.69) is 25.5 Å². The molecule has 13 heavy (non-hydrogen) atoms. The average Bonchev–Trinajstić information content (AvgIpc) is 2.49. The van der Waals surface area contributed by atoms with Gasteiger partial charge in [0.25, 0.3) is 0 Å². The summed E-state index contributed by atoms with van der Waals surface area (Å²) in [6.45, 7) is 1.74. The van der Waals surface area contributed by atoms with Crippen LogP contribution in [0.5, 0.6) is 0 Å². The SMILES string of the molecule is Cn1c(Br)cnc1C1CCOCC1. The molecule has 0 aliphatic carbocycles. The van der Waals surface area contributed by atoms with Gasteiger partial charge in [-0.2, -0.15) is 0 Å². The Hall–Kier alpha value is -0.350. The van der Waals surface area contributed by atoms with Gasteiger partial charge in [0.1, 0.15) is 10.4 Å². The second-order valence-electron chi connectivity index (χ2n) is 3.38. The standard InChI is InChI=1S/C9H13BrN2O/c1-12-8(10)6-11-9(12)7-2-4-13-5-3-7/h6-7H,2-5H2,1H3. The van der Waals surface area contributed by atoms with Crippen LogP contribution < -0.4 is 0 Å². The zero-order valence-corrected chi connectivity index (χ0v) is 9.25. The second-order valence-corrected chi connectivity index (χ2v) is 4.20. The fourth-order valence-electron chi connectivity index (χ4n) is 1.74. The van der Waals surface area contributed by atoms with Crippen molar-refractivity contribution in [3.8, 4) is 0 Å². The van der Waals surface area contributed by atoms with E-state index >= 15 is 0 Å². The predicted molar refractivity (Wildman–Crippen MR) is 53.7 cm³/mol. The van der Waals surface area contributed by atoms with Gasteiger partial charge < -0.3 is 9.30 Å². The summed E-state index contributed by atoms with van der Waals surface area (Å²) in [4.78, 5) is 4.40. The van der Waals surface area contributed by atoms with Crippen molar-refractivity contribution in [2.45, 2.75) is 18.8 Å². The second kappa shape index (κ2) is 3.80. The van der Waals surface area contributed by atoms with Crippen LogP contribution in [0.25, 0.3) is 0 Å². The van der Waals surface area contributed by atoms with Crippen LogP contribution in [0.15, 0.2) is 10.8 Å². The van der Waals surface area contributed by atoms with E-state index in [1.54, 1.807) is 0 Å². The largest absolute Gasteiger partial charge is 0.381 e. The van der Waals surface area contributed by atoms with Gasteiger partial charge >= 0.3 is 0 Å². The molecular formula is C9H13BrN2O. The van der Waals surface area contributed by atoms with E-state index in [1.807, 2.05) is 13.2 Å². The molecule has 1 fully saturated rings. The molecule has 0 N–H and O–H groups in total. The van der Waals surface area contributed by atoms with Crippen LogP contribution in [0.1, 0.15) is 24.6 Å². The number of imidazole rings is 1. The number of ether oxygens (including phenoxy) is 1. The molecule has 1 aromatic rings. The Morgan fingerprint density at radius 1 is 1.54 bits per heavy atom. The molecule has 0 aromatic carbocycles. The Kier molecular flexibility index (Phi) is 2.69. The van der Waals surface area contributed by atoms with Crippen LogP contribution in [-0.4, -0.2) is 22.8 Å². The highest BCUT2D eigenvalue weighted by Crippen LogP contribution is 2.27. The van der Waals surface area contributed by atoms with Crippen molar-refractivity contribution in [3.63, 3.8) is 0 Å². The minimum absolute atomic E-state index is 0.574. The maximum atomic E-state index is 5.32. The summed E-state index contributed by atoms with van der Waals surface area (Å²) in [5, 5.41) is 0. The number of hydrogen-bond donors (Lipinski definition) is 0. The quantitative estimate of drug-likeness (QED) is 0.757. The topological polar surface area (TPSA) is 27.1 Å². The molecule has 2 rings (SSSR count). The average molecular weight is 245 g/mol. The highest BCUT2D eigenvalue weighted by atomic mass is 79.9. The van der Waals surface area contributed by atoms with Gasteiger partial charge in [-0.1, -0.05) is 0 Å². The minimum Gasteiger partial charge on any atom is -0.381 e. The van der Waals surface area contributed by atoms with Gasteiger partial charge in [-0.25, -0.2) is 4.98 Å². The molecule has 0 amide bonds. The molecule has 1 aliphatic rings. The molecule has 3 nitrogen and oxygen atoms in total. The van der Waals surface area contributed by atoms with Crippen molar-refractivity contribution in [2.24, 2.45) is 7.05 Å². The molecule has 0 spiro atoms. The first kappa shape index (κ1) is 9.21. The lowest BCUT2D eigenvalue weighted by molar-refractivity contribution is 0.0830. The molecule has 0 bridgehead atoms. The number of rotatable bonds is 1. The fourth-order valence-corrected chi connectivity index (χ4v) is 2.02. The number of nitrogens with zero attached hydrogens (tertiary/aromatic N) is 2. The Morgan fingerprint density at radius 2 is 2.23 bits per heavy atom. The molecule has 1 aromatic heterocycles. The molecule has 0 radical (unpaired) electrons. The van der Waals surface area contributed by atoms with Gasteiger partial charge in [-0.3, -0.25) is 0 Å². The Balaban J connectivity index is 2.18. The number of hydrogen-bond acceptors (Lipinski definition) is 2. The molecule has 2 heterocycles. The van der Waals surface area contributed by atoms with Crippen molar-refractivity contribution in [1.82, 2.24) is 9.55 Å². The normalized spacial score (nSPS) is 19.2. The van der Waals surface area contributed by atoms with Gasteiger partial charge in [-0.15, -0.1) is 0 Å². The summed E-state index contributed by atoms with van der Waals surface area (Å²) in [7, 11) is 2.04. The Bertz CT molecular complexity index is 292. The van der Waals surface area contributed by atoms with Crippen LogP contribution in [-0.2, 0) is 11.8 Å². The lowest BCUT2D eigenvalue weighted by Crippen LogP contribution is -2.17. The van der Waals surface area contributed by atoms with Gasteiger partial charge in [0.15, 0.2) is 0 Å². The lowest BCUT2D eigenvalue weighted by Gasteiger charge is -2.21. The molecule has 0 saturated carbocycles. The van der Waals surface area contributed by atoms with Crippen molar-refractivity contribution in [3.05, 3.63) is 16.6 Å². The Labute approximate surface area is 86.2 Å². The van der Waals surface area contributed by atoms with E-state index in [1.165, 1.54) is 5.82 Å². The molecule has 1 saturated heterocycles. The first-order valence-corrected chi connectivity index (χ1v) is 5.33. The maximum absolute atomic E-state index is 5.32. The van der Waals surface area contributed by atoms with Crippen LogP contribution in [0, 0.1) is 0 Å². The van der Waals surface area contributed by atoms with Gasteiger partial charge in [0, 0.05) is 26.2 Å². The first-order valence-electron chi connectivity index (χ1n) is 4.54. The zero-order valence-electron chi connectivity index (χ0n) is 7.66. The van der Waals surface area contributed by atoms with E-state index < -0.39 is 0 Å². The number of aromatic nitrogens is 2. The molecular weight excluding hydrogens is 232 g/mol. The van der Waals surface area contributed by atoms with Crippen LogP contribution >= 0.6 is 15.9 Å². The smallest absolute Gasteiger partial charge is 0.112 e. The molecule has 0 unspecified atom stereocenters. The first-order chi connectivity index (χ1) is 6.29.